The maximum atomic E-state index is 12.8. The summed E-state index contributed by atoms with van der Waals surface area (Å²) in [7, 11) is 1.99. The Morgan fingerprint density at radius 2 is 1.78 bits per heavy atom. The second-order valence-electron chi connectivity index (χ2n) is 7.56. The van der Waals surface area contributed by atoms with Gasteiger partial charge in [0.15, 0.2) is 6.29 Å². The molecule has 3 aliphatic rings. The Morgan fingerprint density at radius 1 is 1.09 bits per heavy atom. The predicted octanol–water partition coefficient (Wildman–Crippen LogP) is 2.25. The lowest BCUT2D eigenvalue weighted by atomic mass is 9.87. The SMILES string of the molecule is CC1CCC(N(C)C(=O)CN2CCCCC2C2OCCO2)CC1. The van der Waals surface area contributed by atoms with Gasteiger partial charge in [-0.25, -0.2) is 0 Å². The number of hydrogen-bond acceptors (Lipinski definition) is 4. The number of carbonyl (C=O) groups is 1. The lowest BCUT2D eigenvalue weighted by molar-refractivity contribution is -0.141. The third-order valence-corrected chi connectivity index (χ3v) is 5.89. The molecular formula is C18H32N2O3. The minimum atomic E-state index is -0.135. The maximum absolute atomic E-state index is 12.8. The summed E-state index contributed by atoms with van der Waals surface area (Å²) in [6.45, 7) is 5.18. The first kappa shape index (κ1) is 17.2. The molecule has 2 saturated heterocycles. The fraction of sp³-hybridized carbons (Fsp3) is 0.944. The zero-order chi connectivity index (χ0) is 16.2. The number of nitrogens with zero attached hydrogens (tertiary/aromatic N) is 2. The molecule has 1 amide bonds. The summed E-state index contributed by atoms with van der Waals surface area (Å²) in [6, 6.07) is 0.677. The fourth-order valence-electron chi connectivity index (χ4n) is 4.24. The maximum Gasteiger partial charge on any atom is 0.236 e. The molecule has 2 heterocycles. The number of ether oxygens (including phenoxy) is 2. The molecule has 0 spiro atoms. The average molecular weight is 324 g/mol. The zero-order valence-corrected chi connectivity index (χ0v) is 14.7. The van der Waals surface area contributed by atoms with E-state index in [0.717, 1.165) is 31.7 Å². The molecular weight excluding hydrogens is 292 g/mol. The van der Waals surface area contributed by atoms with Gasteiger partial charge in [0, 0.05) is 13.1 Å². The lowest BCUT2D eigenvalue weighted by Crippen LogP contribution is -2.52. The van der Waals surface area contributed by atoms with E-state index in [9.17, 15) is 4.79 Å². The minimum absolute atomic E-state index is 0.135. The molecule has 0 aromatic carbocycles. The average Bonchev–Trinajstić information content (AvgIpc) is 3.09. The number of likely N-dealkylation sites (N-methyl/N-ethyl adjacent to an activating group) is 1. The van der Waals surface area contributed by atoms with Crippen molar-refractivity contribution in [3.63, 3.8) is 0 Å². The number of hydrogen-bond donors (Lipinski definition) is 0. The molecule has 0 radical (unpaired) electrons. The molecule has 5 heteroatoms. The number of piperidine rings is 1. The number of rotatable bonds is 4. The second-order valence-corrected chi connectivity index (χ2v) is 7.56. The molecule has 1 unspecified atom stereocenters. The van der Waals surface area contributed by atoms with Gasteiger partial charge in [0.2, 0.25) is 5.91 Å². The third-order valence-electron chi connectivity index (χ3n) is 5.89. The van der Waals surface area contributed by atoms with E-state index in [1.165, 1.54) is 25.7 Å². The van der Waals surface area contributed by atoms with Gasteiger partial charge in [-0.05, 0) is 51.0 Å². The van der Waals surface area contributed by atoms with Gasteiger partial charge in [-0.1, -0.05) is 13.3 Å². The molecule has 1 aliphatic carbocycles. The molecule has 0 aromatic heterocycles. The van der Waals surface area contributed by atoms with Crippen LogP contribution >= 0.6 is 0 Å². The first-order valence-corrected chi connectivity index (χ1v) is 9.38. The van der Waals surface area contributed by atoms with E-state index in [1.54, 1.807) is 0 Å². The first-order valence-electron chi connectivity index (χ1n) is 9.38. The third kappa shape index (κ3) is 4.25. The van der Waals surface area contributed by atoms with Crippen molar-refractivity contribution in [1.29, 1.82) is 0 Å². The molecule has 23 heavy (non-hydrogen) atoms. The fourth-order valence-corrected chi connectivity index (χ4v) is 4.24. The first-order chi connectivity index (χ1) is 11.1. The van der Waals surface area contributed by atoms with Crippen LogP contribution in [0.4, 0.5) is 0 Å². The highest BCUT2D eigenvalue weighted by Gasteiger charge is 2.35. The number of amides is 1. The standard InChI is InChI=1S/C18H32N2O3/c1-14-6-8-15(9-7-14)19(2)17(21)13-20-10-4-3-5-16(20)18-22-11-12-23-18/h14-16,18H,3-13H2,1-2H3. The van der Waals surface area contributed by atoms with Crippen molar-refractivity contribution >= 4 is 5.91 Å². The van der Waals surface area contributed by atoms with Crippen LogP contribution in [0, 0.1) is 5.92 Å². The summed E-state index contributed by atoms with van der Waals surface area (Å²) in [4.78, 5) is 17.1. The lowest BCUT2D eigenvalue weighted by Gasteiger charge is -2.39. The van der Waals surface area contributed by atoms with Crippen molar-refractivity contribution < 1.29 is 14.3 Å². The molecule has 0 N–H and O–H groups in total. The van der Waals surface area contributed by atoms with Crippen molar-refractivity contribution in [2.45, 2.75) is 70.2 Å². The minimum Gasteiger partial charge on any atom is -0.349 e. The van der Waals surface area contributed by atoms with Crippen LogP contribution in [-0.4, -0.2) is 67.4 Å². The van der Waals surface area contributed by atoms with Gasteiger partial charge >= 0.3 is 0 Å². The van der Waals surface area contributed by atoms with Crippen LogP contribution in [0.25, 0.3) is 0 Å². The second kappa shape index (κ2) is 7.95. The van der Waals surface area contributed by atoms with Gasteiger partial charge in [-0.15, -0.1) is 0 Å². The number of likely N-dealkylation sites (tertiary alicyclic amines) is 1. The number of carbonyl (C=O) groups excluding carboxylic acids is 1. The molecule has 1 saturated carbocycles. The Bertz CT molecular complexity index is 390. The van der Waals surface area contributed by atoms with Crippen LogP contribution < -0.4 is 0 Å². The topological polar surface area (TPSA) is 42.0 Å². The molecule has 5 nitrogen and oxygen atoms in total. The molecule has 132 valence electrons. The van der Waals surface area contributed by atoms with E-state index < -0.39 is 0 Å². The van der Waals surface area contributed by atoms with E-state index in [4.69, 9.17) is 9.47 Å². The molecule has 3 rings (SSSR count). The summed E-state index contributed by atoms with van der Waals surface area (Å²) in [6.07, 6.45) is 8.11. The smallest absolute Gasteiger partial charge is 0.236 e. The largest absolute Gasteiger partial charge is 0.349 e. The van der Waals surface area contributed by atoms with E-state index in [1.807, 2.05) is 11.9 Å². The summed E-state index contributed by atoms with van der Waals surface area (Å²) >= 11 is 0. The normalized spacial score (nSPS) is 33.7. The van der Waals surface area contributed by atoms with Crippen molar-refractivity contribution in [3.8, 4) is 0 Å². The van der Waals surface area contributed by atoms with Crippen LogP contribution in [0.15, 0.2) is 0 Å². The monoisotopic (exact) mass is 324 g/mol. The summed E-state index contributed by atoms with van der Waals surface area (Å²) < 4.78 is 11.4. The van der Waals surface area contributed by atoms with Gasteiger partial charge in [0.25, 0.3) is 0 Å². The Morgan fingerprint density at radius 3 is 2.48 bits per heavy atom. The van der Waals surface area contributed by atoms with Crippen LogP contribution in [0.1, 0.15) is 51.9 Å². The van der Waals surface area contributed by atoms with Crippen molar-refractivity contribution in [2.24, 2.45) is 5.92 Å². The Kier molecular flexibility index (Phi) is 5.94. The highest BCUT2D eigenvalue weighted by atomic mass is 16.7. The quantitative estimate of drug-likeness (QED) is 0.795. The predicted molar refractivity (Wildman–Crippen MR) is 89.1 cm³/mol. The summed E-state index contributed by atoms with van der Waals surface area (Å²) in [5.41, 5.74) is 0. The summed E-state index contributed by atoms with van der Waals surface area (Å²) in [5.74, 6) is 1.08. The van der Waals surface area contributed by atoms with Crippen LogP contribution in [0.3, 0.4) is 0 Å². The molecule has 1 atom stereocenters. The van der Waals surface area contributed by atoms with Crippen LogP contribution in [-0.2, 0) is 14.3 Å². The van der Waals surface area contributed by atoms with E-state index >= 15 is 0 Å². The van der Waals surface area contributed by atoms with Crippen LogP contribution in [0.5, 0.6) is 0 Å². The summed E-state index contributed by atoms with van der Waals surface area (Å²) in [5, 5.41) is 0. The van der Waals surface area contributed by atoms with Gasteiger partial charge in [0.05, 0.1) is 25.8 Å². The van der Waals surface area contributed by atoms with Gasteiger partial charge in [-0.2, -0.15) is 0 Å². The van der Waals surface area contributed by atoms with Crippen LogP contribution in [0.2, 0.25) is 0 Å². The highest BCUT2D eigenvalue weighted by molar-refractivity contribution is 5.78. The Hall–Kier alpha value is -0.650. The molecule has 0 bridgehead atoms. The van der Waals surface area contributed by atoms with Gasteiger partial charge in [-0.3, -0.25) is 9.69 Å². The van der Waals surface area contributed by atoms with Gasteiger partial charge in [0.1, 0.15) is 0 Å². The highest BCUT2D eigenvalue weighted by Crippen LogP contribution is 2.28. The van der Waals surface area contributed by atoms with Crippen molar-refractivity contribution in [1.82, 2.24) is 9.80 Å². The molecule has 3 fully saturated rings. The van der Waals surface area contributed by atoms with E-state index in [0.29, 0.717) is 25.8 Å². The molecule has 0 aromatic rings. The Labute approximate surface area is 140 Å². The zero-order valence-electron chi connectivity index (χ0n) is 14.7. The van der Waals surface area contributed by atoms with Crippen molar-refractivity contribution in [3.05, 3.63) is 0 Å². The van der Waals surface area contributed by atoms with Gasteiger partial charge < -0.3 is 14.4 Å². The molecule has 2 aliphatic heterocycles. The van der Waals surface area contributed by atoms with E-state index in [2.05, 4.69) is 11.8 Å². The Balaban J connectivity index is 1.54. The van der Waals surface area contributed by atoms with Crippen molar-refractivity contribution in [2.75, 3.05) is 33.4 Å². The van der Waals surface area contributed by atoms with E-state index in [-0.39, 0.29) is 18.2 Å².